The third kappa shape index (κ3) is 4.95. The number of hydrogen-bond donors (Lipinski definition) is 0. The van der Waals surface area contributed by atoms with Gasteiger partial charge >= 0.3 is 0 Å². The summed E-state index contributed by atoms with van der Waals surface area (Å²) in [6, 6.07) is 0. The molecule has 3 saturated carbocycles. The summed E-state index contributed by atoms with van der Waals surface area (Å²) >= 11 is 0. The highest BCUT2D eigenvalue weighted by Crippen LogP contribution is 2.69. The second kappa shape index (κ2) is 10.8. The summed E-state index contributed by atoms with van der Waals surface area (Å²) in [4.78, 5) is 12.3. The van der Waals surface area contributed by atoms with Crippen LogP contribution in [0.2, 0.25) is 0 Å². The van der Waals surface area contributed by atoms with Gasteiger partial charge in [-0.25, -0.2) is 0 Å². The van der Waals surface area contributed by atoms with Crippen LogP contribution < -0.4 is 0 Å². The number of fused-ring (bicyclic) bond motifs is 5. The fourth-order valence-corrected chi connectivity index (χ4v) is 9.18. The van der Waals surface area contributed by atoms with Crippen LogP contribution in [-0.4, -0.2) is 5.78 Å². The molecule has 0 bridgehead atoms. The highest BCUT2D eigenvalue weighted by molar-refractivity contribution is 5.91. The van der Waals surface area contributed by atoms with Crippen LogP contribution in [-0.2, 0) is 4.79 Å². The second-order valence-electron chi connectivity index (χ2n) is 12.9. The molecule has 1 heteroatoms. The van der Waals surface area contributed by atoms with Crippen LogP contribution >= 0.6 is 0 Å². The van der Waals surface area contributed by atoms with E-state index in [2.05, 4.69) is 53.3 Å². The Morgan fingerprint density at radius 1 is 1.06 bits per heavy atom. The number of hydrogen-bond acceptors (Lipinski definition) is 1. The van der Waals surface area contributed by atoms with Crippen LogP contribution in [0.5, 0.6) is 0 Å². The highest BCUT2D eigenvalue weighted by atomic mass is 16.1. The second-order valence-corrected chi connectivity index (χ2v) is 12.9. The molecule has 0 heterocycles. The minimum Gasteiger partial charge on any atom is -0.295 e. The number of ketones is 1. The zero-order valence-corrected chi connectivity index (χ0v) is 23.1. The summed E-state index contributed by atoms with van der Waals surface area (Å²) in [5.74, 6) is 6.18. The molecule has 0 amide bonds. The maximum absolute atomic E-state index is 12.3. The lowest BCUT2D eigenvalue weighted by Gasteiger charge is -2.61. The molecule has 1 nitrogen and oxygen atoms in total. The van der Waals surface area contributed by atoms with Crippen molar-refractivity contribution in [2.75, 3.05) is 0 Å². The Hall–Kier alpha value is -0.850. The molecule has 0 N–H and O–H groups in total. The van der Waals surface area contributed by atoms with Crippen molar-refractivity contribution in [3.63, 3.8) is 0 Å². The van der Waals surface area contributed by atoms with Crippen molar-refractivity contribution in [2.24, 2.45) is 52.3 Å². The van der Waals surface area contributed by atoms with E-state index in [1.807, 2.05) is 13.8 Å². The Labute approximate surface area is 206 Å². The number of carbonyl (C=O) groups is 1. The molecule has 4 aliphatic carbocycles. The van der Waals surface area contributed by atoms with E-state index in [0.717, 1.165) is 61.2 Å². The van der Waals surface area contributed by atoms with Gasteiger partial charge in [0.05, 0.1) is 0 Å². The van der Waals surface area contributed by atoms with E-state index in [-0.39, 0.29) is 5.41 Å². The fourth-order valence-electron chi connectivity index (χ4n) is 9.18. The first-order chi connectivity index (χ1) is 15.7. The average molecular weight is 455 g/mol. The summed E-state index contributed by atoms with van der Waals surface area (Å²) in [6.07, 6.45) is 18.3. The lowest BCUT2D eigenvalue weighted by atomic mass is 9.44. The fraction of sp³-hybridized carbons (Fsp3) is 0.844. The van der Waals surface area contributed by atoms with Crippen LogP contribution in [0.3, 0.4) is 0 Å². The van der Waals surface area contributed by atoms with Gasteiger partial charge in [0.25, 0.3) is 0 Å². The zero-order chi connectivity index (χ0) is 24.4. The minimum absolute atomic E-state index is 0.276. The lowest BCUT2D eigenvalue weighted by molar-refractivity contribution is -0.119. The maximum atomic E-state index is 12.3. The summed E-state index contributed by atoms with van der Waals surface area (Å²) in [6.45, 7) is 20.6. The SMILES string of the molecule is C=CCC1CC2=CC(=O)CC[C@]2(C)C2CC[C@]3(C)C(C(C)CCCC(C)C)CCC3C12.CC. The Morgan fingerprint density at radius 3 is 2.45 bits per heavy atom. The van der Waals surface area contributed by atoms with Crippen LogP contribution in [0.1, 0.15) is 119 Å². The van der Waals surface area contributed by atoms with Crippen LogP contribution in [0.15, 0.2) is 24.3 Å². The topological polar surface area (TPSA) is 17.1 Å². The van der Waals surface area contributed by atoms with Crippen molar-refractivity contribution in [1.29, 1.82) is 0 Å². The van der Waals surface area contributed by atoms with Gasteiger partial charge in [-0.3, -0.25) is 4.79 Å². The maximum Gasteiger partial charge on any atom is 0.155 e. The molecule has 6 unspecified atom stereocenters. The number of carbonyl (C=O) groups excluding carboxylic acids is 1. The third-order valence-electron chi connectivity index (χ3n) is 10.8. The van der Waals surface area contributed by atoms with Crippen molar-refractivity contribution < 1.29 is 4.79 Å². The Bertz CT molecular complexity index is 716. The third-order valence-corrected chi connectivity index (χ3v) is 10.8. The molecule has 0 saturated heterocycles. The quantitative estimate of drug-likeness (QED) is 0.350. The number of rotatable bonds is 7. The summed E-state index contributed by atoms with van der Waals surface area (Å²) < 4.78 is 0. The average Bonchev–Trinajstić information content (AvgIpc) is 3.13. The molecule has 4 aliphatic rings. The molecule has 3 fully saturated rings. The molecule has 4 rings (SSSR count). The van der Waals surface area contributed by atoms with E-state index in [9.17, 15) is 4.79 Å². The molecular weight excluding hydrogens is 400 g/mol. The van der Waals surface area contributed by atoms with E-state index in [4.69, 9.17) is 0 Å². The van der Waals surface area contributed by atoms with Gasteiger partial charge in [-0.05, 0) is 103 Å². The minimum atomic E-state index is 0.276. The molecule has 0 radical (unpaired) electrons. The standard InChI is InChI=1S/C30H48O.C2H6/c1-7-9-22-18-23-19-24(31)14-16-29(23,5)27-15-17-30(6)25(12-13-26(30)28(22)27)21(4)11-8-10-20(2)3;1-2/h7,19-22,25-28H,1,8-18H2,2-6H3;1-2H3/t21?,22?,25?,26?,27?,28?,29-,30+;/m0./s1. The summed E-state index contributed by atoms with van der Waals surface area (Å²) in [7, 11) is 0. The molecule has 33 heavy (non-hydrogen) atoms. The van der Waals surface area contributed by atoms with Gasteiger partial charge in [-0.1, -0.05) is 79.4 Å². The Morgan fingerprint density at radius 2 is 1.79 bits per heavy atom. The zero-order valence-electron chi connectivity index (χ0n) is 23.1. The molecule has 0 spiro atoms. The van der Waals surface area contributed by atoms with Crippen molar-refractivity contribution in [3.8, 4) is 0 Å². The number of allylic oxidation sites excluding steroid dienone is 2. The van der Waals surface area contributed by atoms with Gasteiger partial charge in [0.15, 0.2) is 5.78 Å². The van der Waals surface area contributed by atoms with Crippen molar-refractivity contribution in [1.82, 2.24) is 0 Å². The lowest BCUT2D eigenvalue weighted by Crippen LogP contribution is -2.54. The molecule has 0 aromatic carbocycles. The predicted octanol–water partition coefficient (Wildman–Crippen LogP) is 9.43. The first kappa shape index (κ1) is 26.7. The Balaban J connectivity index is 0.00000149. The van der Waals surface area contributed by atoms with Crippen LogP contribution in [0.4, 0.5) is 0 Å². The van der Waals surface area contributed by atoms with E-state index >= 15 is 0 Å². The molecule has 0 aromatic rings. The van der Waals surface area contributed by atoms with Gasteiger partial charge < -0.3 is 0 Å². The molecule has 8 atom stereocenters. The van der Waals surface area contributed by atoms with Crippen molar-refractivity contribution >= 4 is 5.78 Å². The summed E-state index contributed by atoms with van der Waals surface area (Å²) in [5, 5.41) is 0. The predicted molar refractivity (Wildman–Crippen MR) is 143 cm³/mol. The van der Waals surface area contributed by atoms with Crippen molar-refractivity contribution in [3.05, 3.63) is 24.3 Å². The molecule has 188 valence electrons. The van der Waals surface area contributed by atoms with E-state index in [1.165, 1.54) is 50.5 Å². The van der Waals surface area contributed by atoms with Gasteiger partial charge in [0.1, 0.15) is 0 Å². The summed E-state index contributed by atoms with van der Waals surface area (Å²) in [5.41, 5.74) is 2.30. The molecule has 0 aromatic heterocycles. The normalized spacial score (nSPS) is 40.7. The van der Waals surface area contributed by atoms with Gasteiger partial charge in [0, 0.05) is 6.42 Å². The van der Waals surface area contributed by atoms with Gasteiger partial charge in [-0.15, -0.1) is 6.58 Å². The van der Waals surface area contributed by atoms with Gasteiger partial charge in [0.2, 0.25) is 0 Å². The molecule has 0 aliphatic heterocycles. The van der Waals surface area contributed by atoms with Gasteiger partial charge in [-0.2, -0.15) is 0 Å². The van der Waals surface area contributed by atoms with E-state index in [1.54, 1.807) is 0 Å². The van der Waals surface area contributed by atoms with Crippen LogP contribution in [0, 0.1) is 52.3 Å². The van der Waals surface area contributed by atoms with E-state index in [0.29, 0.717) is 17.1 Å². The largest absolute Gasteiger partial charge is 0.295 e. The van der Waals surface area contributed by atoms with Crippen molar-refractivity contribution in [2.45, 2.75) is 119 Å². The van der Waals surface area contributed by atoms with Crippen LogP contribution in [0.25, 0.3) is 0 Å². The first-order valence-electron chi connectivity index (χ1n) is 14.6. The monoisotopic (exact) mass is 454 g/mol. The Kier molecular flexibility index (Phi) is 8.77. The highest BCUT2D eigenvalue weighted by Gasteiger charge is 2.61. The smallest absolute Gasteiger partial charge is 0.155 e. The molecular formula is C32H54O. The first-order valence-corrected chi connectivity index (χ1v) is 14.6. The van der Waals surface area contributed by atoms with E-state index < -0.39 is 0 Å².